The number of ether oxygens (including phenoxy) is 1. The van der Waals surface area contributed by atoms with Crippen LogP contribution in [0.3, 0.4) is 0 Å². The first kappa shape index (κ1) is 13.2. The first-order valence-electron chi connectivity index (χ1n) is 7.08. The molecule has 0 amide bonds. The molecule has 0 radical (unpaired) electrons. The summed E-state index contributed by atoms with van der Waals surface area (Å²) in [7, 11) is 3.48. The van der Waals surface area contributed by atoms with Gasteiger partial charge in [-0.05, 0) is 55.6 Å². The van der Waals surface area contributed by atoms with Gasteiger partial charge in [-0.25, -0.2) is 4.79 Å². The molecule has 2 heterocycles. The van der Waals surface area contributed by atoms with Crippen molar-refractivity contribution in [3.05, 3.63) is 35.5 Å². The lowest BCUT2D eigenvalue weighted by Gasteiger charge is -2.22. The first-order chi connectivity index (χ1) is 9.70. The molecule has 0 bridgehead atoms. The number of nitrogens with zero attached hydrogens (tertiary/aromatic N) is 1. The van der Waals surface area contributed by atoms with E-state index in [2.05, 4.69) is 23.1 Å². The fourth-order valence-corrected chi connectivity index (χ4v) is 3.13. The first-order valence-corrected chi connectivity index (χ1v) is 7.08. The van der Waals surface area contributed by atoms with E-state index in [1.54, 1.807) is 0 Å². The van der Waals surface area contributed by atoms with Gasteiger partial charge in [-0.1, -0.05) is 0 Å². The second-order valence-electron chi connectivity index (χ2n) is 5.44. The Kier molecular flexibility index (Phi) is 3.49. The molecular formula is C16H20N2O2. The molecular weight excluding hydrogens is 252 g/mol. The summed E-state index contributed by atoms with van der Waals surface area (Å²) in [6, 6.07) is 5.81. The van der Waals surface area contributed by atoms with Gasteiger partial charge in [0.2, 0.25) is 0 Å². The number of aromatic nitrogens is 1. The van der Waals surface area contributed by atoms with E-state index in [-0.39, 0.29) is 5.97 Å². The van der Waals surface area contributed by atoms with Crippen molar-refractivity contribution >= 4 is 16.9 Å². The molecule has 4 heteroatoms. The normalized spacial score (nSPS) is 16.5. The summed E-state index contributed by atoms with van der Waals surface area (Å²) >= 11 is 0. The average molecular weight is 272 g/mol. The summed E-state index contributed by atoms with van der Waals surface area (Å²) in [5.74, 6) is 0.305. The standard InChI is InChI=1S/C16H20N2O2/c1-18-10-14(11-5-7-17-8-6-11)13-9-12(16(19)20-2)3-4-15(13)18/h3-4,9-11,17H,5-8H2,1-2H3. The zero-order valence-electron chi connectivity index (χ0n) is 12.0. The number of benzene rings is 1. The molecule has 0 unspecified atom stereocenters. The van der Waals surface area contributed by atoms with E-state index < -0.39 is 0 Å². The van der Waals surface area contributed by atoms with Crippen molar-refractivity contribution in [3.8, 4) is 0 Å². The Morgan fingerprint density at radius 2 is 2.10 bits per heavy atom. The summed E-state index contributed by atoms with van der Waals surface area (Å²) in [4.78, 5) is 11.7. The Labute approximate surface area is 118 Å². The van der Waals surface area contributed by atoms with Crippen molar-refractivity contribution in [2.75, 3.05) is 20.2 Å². The second-order valence-corrected chi connectivity index (χ2v) is 5.44. The molecule has 1 aliphatic rings. The lowest BCUT2D eigenvalue weighted by molar-refractivity contribution is 0.0601. The molecule has 1 aromatic carbocycles. The third-order valence-corrected chi connectivity index (χ3v) is 4.22. The third-order valence-electron chi connectivity index (χ3n) is 4.22. The number of aryl methyl sites for hydroxylation is 1. The van der Waals surface area contributed by atoms with Crippen molar-refractivity contribution in [2.45, 2.75) is 18.8 Å². The van der Waals surface area contributed by atoms with Crippen LogP contribution in [0.4, 0.5) is 0 Å². The fourth-order valence-electron chi connectivity index (χ4n) is 3.13. The van der Waals surface area contributed by atoms with Crippen LogP contribution in [0, 0.1) is 0 Å². The maximum atomic E-state index is 11.7. The fraction of sp³-hybridized carbons (Fsp3) is 0.438. The third kappa shape index (κ3) is 2.20. The average Bonchev–Trinajstić information content (AvgIpc) is 2.84. The molecule has 4 nitrogen and oxygen atoms in total. The Balaban J connectivity index is 2.08. The van der Waals surface area contributed by atoms with Gasteiger partial charge in [0.15, 0.2) is 0 Å². The van der Waals surface area contributed by atoms with E-state index in [4.69, 9.17) is 4.74 Å². The highest BCUT2D eigenvalue weighted by atomic mass is 16.5. The number of piperidine rings is 1. The Morgan fingerprint density at radius 3 is 2.80 bits per heavy atom. The van der Waals surface area contributed by atoms with Crippen LogP contribution in [-0.4, -0.2) is 30.7 Å². The van der Waals surface area contributed by atoms with E-state index >= 15 is 0 Å². The lowest BCUT2D eigenvalue weighted by atomic mass is 9.90. The van der Waals surface area contributed by atoms with Crippen LogP contribution in [0.25, 0.3) is 10.9 Å². The summed E-state index contributed by atoms with van der Waals surface area (Å²) < 4.78 is 6.97. The van der Waals surface area contributed by atoms with Crippen LogP contribution in [0.5, 0.6) is 0 Å². The zero-order chi connectivity index (χ0) is 14.1. The van der Waals surface area contributed by atoms with Gasteiger partial charge in [0, 0.05) is 24.1 Å². The second kappa shape index (κ2) is 5.29. The molecule has 1 N–H and O–H groups in total. The van der Waals surface area contributed by atoms with Crippen LogP contribution < -0.4 is 5.32 Å². The van der Waals surface area contributed by atoms with Crippen LogP contribution >= 0.6 is 0 Å². The van der Waals surface area contributed by atoms with Crippen molar-refractivity contribution in [2.24, 2.45) is 7.05 Å². The number of fused-ring (bicyclic) bond motifs is 1. The molecule has 1 aromatic heterocycles. The highest BCUT2D eigenvalue weighted by molar-refractivity contribution is 5.96. The van der Waals surface area contributed by atoms with E-state index in [1.807, 2.05) is 18.2 Å². The number of carbonyl (C=O) groups is 1. The quantitative estimate of drug-likeness (QED) is 0.854. The molecule has 106 valence electrons. The molecule has 0 aliphatic carbocycles. The van der Waals surface area contributed by atoms with Gasteiger partial charge in [-0.2, -0.15) is 0 Å². The molecule has 2 aromatic rings. The van der Waals surface area contributed by atoms with E-state index in [1.165, 1.54) is 23.6 Å². The lowest BCUT2D eigenvalue weighted by Crippen LogP contribution is -2.26. The van der Waals surface area contributed by atoms with E-state index in [9.17, 15) is 4.79 Å². The maximum Gasteiger partial charge on any atom is 0.337 e. The van der Waals surface area contributed by atoms with Gasteiger partial charge < -0.3 is 14.6 Å². The van der Waals surface area contributed by atoms with Crippen LogP contribution in [0.1, 0.15) is 34.7 Å². The number of methoxy groups -OCH3 is 1. The SMILES string of the molecule is COC(=O)c1ccc2c(c1)c(C1CCNCC1)cn2C. The maximum absolute atomic E-state index is 11.7. The van der Waals surface area contributed by atoms with Gasteiger partial charge in [0.25, 0.3) is 0 Å². The smallest absolute Gasteiger partial charge is 0.337 e. The minimum absolute atomic E-state index is 0.271. The van der Waals surface area contributed by atoms with Crippen molar-refractivity contribution < 1.29 is 9.53 Å². The summed E-state index contributed by atoms with van der Waals surface area (Å²) in [5.41, 5.74) is 3.15. The summed E-state index contributed by atoms with van der Waals surface area (Å²) in [6.45, 7) is 2.13. The monoisotopic (exact) mass is 272 g/mol. The molecule has 1 aliphatic heterocycles. The topological polar surface area (TPSA) is 43.3 Å². The van der Waals surface area contributed by atoms with E-state index in [0.717, 1.165) is 25.9 Å². The minimum atomic E-state index is -0.271. The molecule has 0 spiro atoms. The van der Waals surface area contributed by atoms with Crippen LogP contribution in [0.15, 0.2) is 24.4 Å². The molecule has 0 saturated carbocycles. The van der Waals surface area contributed by atoms with Gasteiger partial charge >= 0.3 is 5.97 Å². The number of rotatable bonds is 2. The number of esters is 1. The predicted molar refractivity (Wildman–Crippen MR) is 79.1 cm³/mol. The van der Waals surface area contributed by atoms with Crippen molar-refractivity contribution in [1.82, 2.24) is 9.88 Å². The van der Waals surface area contributed by atoms with Gasteiger partial charge in [-0.15, -0.1) is 0 Å². The van der Waals surface area contributed by atoms with Gasteiger partial charge in [0.05, 0.1) is 12.7 Å². The van der Waals surface area contributed by atoms with Gasteiger partial charge in [0.1, 0.15) is 0 Å². The van der Waals surface area contributed by atoms with Crippen LogP contribution in [0.2, 0.25) is 0 Å². The van der Waals surface area contributed by atoms with Crippen molar-refractivity contribution in [3.63, 3.8) is 0 Å². The van der Waals surface area contributed by atoms with Crippen LogP contribution in [-0.2, 0) is 11.8 Å². The predicted octanol–water partition coefficient (Wildman–Crippen LogP) is 2.43. The summed E-state index contributed by atoms with van der Waals surface area (Å²) in [5, 5.41) is 4.58. The van der Waals surface area contributed by atoms with E-state index in [0.29, 0.717) is 11.5 Å². The molecule has 20 heavy (non-hydrogen) atoms. The highest BCUT2D eigenvalue weighted by Crippen LogP contribution is 2.33. The number of hydrogen-bond acceptors (Lipinski definition) is 3. The molecule has 1 fully saturated rings. The molecule has 3 rings (SSSR count). The molecule has 1 saturated heterocycles. The van der Waals surface area contributed by atoms with Crippen molar-refractivity contribution in [1.29, 1.82) is 0 Å². The Morgan fingerprint density at radius 1 is 1.35 bits per heavy atom. The minimum Gasteiger partial charge on any atom is -0.465 e. The Bertz CT molecular complexity index is 639. The number of nitrogens with one attached hydrogen (secondary N) is 1. The molecule has 0 atom stereocenters. The highest BCUT2D eigenvalue weighted by Gasteiger charge is 2.20. The van der Waals surface area contributed by atoms with Gasteiger partial charge in [-0.3, -0.25) is 0 Å². The summed E-state index contributed by atoms with van der Waals surface area (Å²) in [6.07, 6.45) is 4.52. The largest absolute Gasteiger partial charge is 0.465 e. The number of carbonyl (C=O) groups excluding carboxylic acids is 1. The zero-order valence-corrected chi connectivity index (χ0v) is 12.0. The Hall–Kier alpha value is -1.81. The number of hydrogen-bond donors (Lipinski definition) is 1.